The van der Waals surface area contributed by atoms with Crippen molar-refractivity contribution in [3.8, 4) is 5.75 Å². The Kier molecular flexibility index (Phi) is 8.56. The van der Waals surface area contributed by atoms with E-state index in [1.807, 2.05) is 61.7 Å². The fourth-order valence-corrected chi connectivity index (χ4v) is 8.00. The maximum atomic E-state index is 14.7. The van der Waals surface area contributed by atoms with Gasteiger partial charge in [0.05, 0.1) is 18.3 Å². The summed E-state index contributed by atoms with van der Waals surface area (Å²) >= 11 is 1.65. The van der Waals surface area contributed by atoms with Crippen LogP contribution in [0.5, 0.6) is 5.75 Å². The highest BCUT2D eigenvalue weighted by molar-refractivity contribution is 7.98. The lowest BCUT2D eigenvalue weighted by atomic mass is 9.88. The fourth-order valence-electron chi connectivity index (χ4n) is 5.28. The molecular weight excluding hydrogens is 500 g/mol. The van der Waals surface area contributed by atoms with E-state index in [-0.39, 0.29) is 0 Å². The molecule has 5 nitrogen and oxygen atoms in total. The van der Waals surface area contributed by atoms with Crippen molar-refractivity contribution in [2.24, 2.45) is 0 Å². The van der Waals surface area contributed by atoms with E-state index in [0.717, 1.165) is 52.4 Å². The van der Waals surface area contributed by atoms with Gasteiger partial charge in [-0.25, -0.2) is 8.42 Å². The number of benzene rings is 3. The molecule has 3 aromatic carbocycles. The largest absolute Gasteiger partial charge is 0.497 e. The first-order valence-electron chi connectivity index (χ1n) is 13.0. The van der Waals surface area contributed by atoms with Gasteiger partial charge in [0.15, 0.2) is 0 Å². The molecule has 0 saturated carbocycles. The number of thioether (sulfide) groups is 1. The van der Waals surface area contributed by atoms with Gasteiger partial charge < -0.3 is 9.64 Å². The first kappa shape index (κ1) is 27.6. The number of para-hydroxylation sites is 1. The van der Waals surface area contributed by atoms with Gasteiger partial charge in [0.1, 0.15) is 10.6 Å². The Morgan fingerprint density at radius 3 is 2.32 bits per heavy atom. The van der Waals surface area contributed by atoms with Crippen molar-refractivity contribution in [2.75, 3.05) is 24.8 Å². The molecule has 198 valence electrons. The van der Waals surface area contributed by atoms with Crippen LogP contribution >= 0.6 is 11.8 Å². The van der Waals surface area contributed by atoms with Crippen molar-refractivity contribution in [1.29, 1.82) is 0 Å². The molecule has 1 aliphatic heterocycles. The number of aryl methyl sites for hydroxylation is 1. The minimum atomic E-state index is -3.82. The Balaban J connectivity index is 1.97. The summed E-state index contributed by atoms with van der Waals surface area (Å²) in [5.74, 6) is 0.760. The summed E-state index contributed by atoms with van der Waals surface area (Å²) in [6.45, 7) is 7.20. The Morgan fingerprint density at radius 2 is 1.73 bits per heavy atom. The monoisotopic (exact) mass is 538 g/mol. The van der Waals surface area contributed by atoms with Crippen LogP contribution in [0.3, 0.4) is 0 Å². The van der Waals surface area contributed by atoms with E-state index >= 15 is 0 Å². The van der Waals surface area contributed by atoms with Gasteiger partial charge in [-0.15, -0.1) is 11.8 Å². The molecule has 1 aliphatic rings. The van der Waals surface area contributed by atoms with Gasteiger partial charge in [-0.1, -0.05) is 57.0 Å². The number of unbranched alkanes of at least 4 members (excludes halogenated alkanes) is 1. The highest BCUT2D eigenvalue weighted by Gasteiger charge is 2.48. The highest BCUT2D eigenvalue weighted by Crippen LogP contribution is 2.46. The fraction of sp³-hybridized carbons (Fsp3) is 0.400. The first-order chi connectivity index (χ1) is 17.8. The molecule has 0 aliphatic carbocycles. The van der Waals surface area contributed by atoms with E-state index < -0.39 is 15.6 Å². The molecule has 7 heteroatoms. The summed E-state index contributed by atoms with van der Waals surface area (Å²) in [6.07, 6.45) is 5.51. The minimum Gasteiger partial charge on any atom is -0.497 e. The van der Waals surface area contributed by atoms with Crippen molar-refractivity contribution in [1.82, 2.24) is 4.31 Å². The summed E-state index contributed by atoms with van der Waals surface area (Å²) in [4.78, 5) is 3.71. The SMILES string of the molecule is CCCCC1(CC)CN(c2ccccc2)c2cc(SC)c(C)cc2S(=O)(=O)N1Cc1ccc(OC)cc1. The molecule has 0 bridgehead atoms. The molecular formula is C30H38N2O3S2. The average Bonchev–Trinajstić information content (AvgIpc) is 3.00. The molecule has 1 atom stereocenters. The summed E-state index contributed by atoms with van der Waals surface area (Å²) in [5.41, 5.74) is 3.12. The highest BCUT2D eigenvalue weighted by atomic mass is 32.2. The van der Waals surface area contributed by atoms with Gasteiger partial charge in [0, 0.05) is 23.7 Å². The number of sulfonamides is 1. The normalized spacial score (nSPS) is 19.3. The van der Waals surface area contributed by atoms with Crippen LogP contribution in [0.2, 0.25) is 0 Å². The molecule has 1 heterocycles. The van der Waals surface area contributed by atoms with Gasteiger partial charge in [0.25, 0.3) is 0 Å². The summed E-state index contributed by atoms with van der Waals surface area (Å²) in [7, 11) is -2.18. The Hall–Kier alpha value is -2.48. The molecule has 0 aromatic heterocycles. The minimum absolute atomic E-state index is 0.315. The maximum absolute atomic E-state index is 14.7. The zero-order valence-corrected chi connectivity index (χ0v) is 24.2. The third kappa shape index (κ3) is 5.40. The van der Waals surface area contributed by atoms with Crippen molar-refractivity contribution in [3.63, 3.8) is 0 Å². The predicted molar refractivity (Wildman–Crippen MR) is 155 cm³/mol. The topological polar surface area (TPSA) is 49.9 Å². The van der Waals surface area contributed by atoms with Crippen LogP contribution in [-0.4, -0.2) is 38.2 Å². The van der Waals surface area contributed by atoms with Crippen molar-refractivity contribution in [3.05, 3.63) is 77.9 Å². The molecule has 0 saturated heterocycles. The van der Waals surface area contributed by atoms with Gasteiger partial charge >= 0.3 is 0 Å². The second-order valence-corrected chi connectivity index (χ2v) is 12.4. The Bertz CT molecular complexity index is 1310. The maximum Gasteiger partial charge on any atom is 0.246 e. The standard InChI is InChI=1S/C30H38N2O3S2/c1-6-8-18-30(7-2)22-31(25-12-10-9-11-13-25)27-20-28(36-5)23(3)19-29(27)37(33,34)32(30)21-24-14-16-26(35-4)17-15-24/h9-17,19-20H,6-8,18,21-22H2,1-5H3. The van der Waals surface area contributed by atoms with E-state index in [9.17, 15) is 8.42 Å². The van der Waals surface area contributed by atoms with Crippen molar-refractivity contribution >= 4 is 33.2 Å². The number of methoxy groups -OCH3 is 1. The number of anilines is 2. The average molecular weight is 539 g/mol. The third-order valence-corrected chi connectivity index (χ3v) is 10.4. The van der Waals surface area contributed by atoms with Crippen molar-refractivity contribution < 1.29 is 13.2 Å². The molecule has 1 unspecified atom stereocenters. The predicted octanol–water partition coefficient (Wildman–Crippen LogP) is 7.41. The van der Waals surface area contributed by atoms with E-state index in [4.69, 9.17) is 4.74 Å². The van der Waals surface area contributed by atoms with Crippen LogP contribution in [0.4, 0.5) is 11.4 Å². The molecule has 3 aromatic rings. The number of ether oxygens (including phenoxy) is 1. The zero-order valence-electron chi connectivity index (χ0n) is 22.5. The molecule has 0 spiro atoms. The van der Waals surface area contributed by atoms with E-state index in [1.165, 1.54) is 0 Å². The van der Waals surface area contributed by atoms with Crippen LogP contribution in [0.15, 0.2) is 76.5 Å². The molecule has 0 fully saturated rings. The molecule has 0 amide bonds. The lowest BCUT2D eigenvalue weighted by molar-refractivity contribution is 0.163. The summed E-state index contributed by atoms with van der Waals surface area (Å²) in [6, 6.07) is 21.9. The van der Waals surface area contributed by atoms with Crippen LogP contribution in [0.25, 0.3) is 0 Å². The number of rotatable bonds is 9. The van der Waals surface area contributed by atoms with Gasteiger partial charge in [0.2, 0.25) is 10.0 Å². The molecule has 0 N–H and O–H groups in total. The van der Waals surface area contributed by atoms with Gasteiger partial charge in [-0.2, -0.15) is 4.31 Å². The number of nitrogens with zero attached hydrogens (tertiary/aromatic N) is 2. The zero-order chi connectivity index (χ0) is 26.6. The van der Waals surface area contributed by atoms with Crippen LogP contribution < -0.4 is 9.64 Å². The molecule has 37 heavy (non-hydrogen) atoms. The van der Waals surface area contributed by atoms with Crippen LogP contribution in [-0.2, 0) is 16.6 Å². The smallest absolute Gasteiger partial charge is 0.246 e. The number of hydrogen-bond donors (Lipinski definition) is 0. The lowest BCUT2D eigenvalue weighted by Crippen LogP contribution is -2.54. The van der Waals surface area contributed by atoms with Crippen LogP contribution in [0, 0.1) is 6.92 Å². The quantitative estimate of drug-likeness (QED) is 0.266. The third-order valence-electron chi connectivity index (χ3n) is 7.52. The van der Waals surface area contributed by atoms with Gasteiger partial charge in [-0.3, -0.25) is 0 Å². The van der Waals surface area contributed by atoms with Crippen molar-refractivity contribution in [2.45, 2.75) is 68.3 Å². The summed E-state index contributed by atoms with van der Waals surface area (Å²) in [5, 5.41) is 0. The van der Waals surface area contributed by atoms with Gasteiger partial charge in [-0.05, 0) is 73.5 Å². The van der Waals surface area contributed by atoms with E-state index in [1.54, 1.807) is 23.2 Å². The number of hydrogen-bond acceptors (Lipinski definition) is 5. The van der Waals surface area contributed by atoms with E-state index in [0.29, 0.717) is 24.4 Å². The summed E-state index contributed by atoms with van der Waals surface area (Å²) < 4.78 is 36.5. The molecule has 4 rings (SSSR count). The van der Waals surface area contributed by atoms with Crippen LogP contribution in [0.1, 0.15) is 50.7 Å². The Morgan fingerprint density at radius 1 is 1.03 bits per heavy atom. The van der Waals surface area contributed by atoms with E-state index in [2.05, 4.69) is 36.9 Å². The second kappa shape index (κ2) is 11.5. The number of fused-ring (bicyclic) bond motifs is 1. The molecule has 0 radical (unpaired) electrons. The lowest BCUT2D eigenvalue weighted by Gasteiger charge is -2.43. The Labute approximate surface area is 226 Å². The first-order valence-corrected chi connectivity index (χ1v) is 15.6. The second-order valence-electron chi connectivity index (χ2n) is 9.75.